The van der Waals surface area contributed by atoms with Crippen molar-refractivity contribution < 1.29 is 4.79 Å². The molecule has 2 bridgehead atoms. The maximum Gasteiger partial charge on any atom is 0.139 e. The van der Waals surface area contributed by atoms with Crippen LogP contribution in [0.1, 0.15) is 25.7 Å². The minimum absolute atomic E-state index is 0.299. The highest BCUT2D eigenvalue weighted by Crippen LogP contribution is 2.33. The first-order chi connectivity index (χ1) is 4.86. The van der Waals surface area contributed by atoms with Crippen molar-refractivity contribution >= 4 is 5.78 Å². The Morgan fingerprint density at radius 2 is 2.40 bits per heavy atom. The van der Waals surface area contributed by atoms with Crippen LogP contribution in [0.4, 0.5) is 0 Å². The van der Waals surface area contributed by atoms with Crippen LogP contribution in [-0.4, -0.2) is 5.78 Å². The van der Waals surface area contributed by atoms with Crippen LogP contribution in [0.5, 0.6) is 0 Å². The molecule has 2 aliphatic rings. The molecule has 2 unspecified atom stereocenters. The van der Waals surface area contributed by atoms with Crippen molar-refractivity contribution in [2.24, 2.45) is 11.8 Å². The standard InChI is InChI=1S/C9H12O/c10-9-5-4-7-2-1-3-8(9)6-7/h1,3,7-8H,2,4-6H2. The van der Waals surface area contributed by atoms with Gasteiger partial charge in [0.25, 0.3) is 0 Å². The van der Waals surface area contributed by atoms with Crippen molar-refractivity contribution in [1.29, 1.82) is 0 Å². The Hall–Kier alpha value is -0.590. The molecule has 1 saturated carbocycles. The molecule has 0 aromatic carbocycles. The molecule has 0 heterocycles. The average molecular weight is 136 g/mol. The number of carbonyl (C=O) groups excluding carboxylic acids is 1. The van der Waals surface area contributed by atoms with Gasteiger partial charge in [-0.25, -0.2) is 0 Å². The highest BCUT2D eigenvalue weighted by Gasteiger charge is 2.28. The SMILES string of the molecule is O=C1CCC2CC=CC1C2. The van der Waals surface area contributed by atoms with Gasteiger partial charge in [0.2, 0.25) is 0 Å². The molecule has 1 heteroatoms. The predicted molar refractivity (Wildman–Crippen MR) is 39.6 cm³/mol. The van der Waals surface area contributed by atoms with Gasteiger partial charge in [0, 0.05) is 12.3 Å². The van der Waals surface area contributed by atoms with E-state index < -0.39 is 0 Å². The maximum absolute atomic E-state index is 11.2. The number of fused-ring (bicyclic) bond motifs is 2. The fraction of sp³-hybridized carbons (Fsp3) is 0.667. The third kappa shape index (κ3) is 0.898. The summed E-state index contributed by atoms with van der Waals surface area (Å²) in [7, 11) is 0. The molecule has 10 heavy (non-hydrogen) atoms. The van der Waals surface area contributed by atoms with E-state index in [1.54, 1.807) is 0 Å². The minimum atomic E-state index is 0.299. The second-order valence-electron chi connectivity index (χ2n) is 3.38. The molecule has 0 aromatic heterocycles. The second kappa shape index (κ2) is 2.22. The predicted octanol–water partition coefficient (Wildman–Crippen LogP) is 1.93. The zero-order chi connectivity index (χ0) is 6.97. The lowest BCUT2D eigenvalue weighted by molar-refractivity contribution is -0.124. The summed E-state index contributed by atoms with van der Waals surface area (Å²) in [5.74, 6) is 1.59. The molecule has 0 spiro atoms. The van der Waals surface area contributed by atoms with Crippen molar-refractivity contribution in [1.82, 2.24) is 0 Å². The van der Waals surface area contributed by atoms with Crippen LogP contribution in [0.2, 0.25) is 0 Å². The number of rotatable bonds is 0. The molecule has 0 aromatic rings. The molecule has 2 rings (SSSR count). The van der Waals surface area contributed by atoms with Crippen LogP contribution in [0.3, 0.4) is 0 Å². The summed E-state index contributed by atoms with van der Waals surface area (Å²) in [4.78, 5) is 11.2. The monoisotopic (exact) mass is 136 g/mol. The van der Waals surface area contributed by atoms with Crippen molar-refractivity contribution in [2.75, 3.05) is 0 Å². The molecule has 0 saturated heterocycles. The third-order valence-corrected chi connectivity index (χ3v) is 2.64. The highest BCUT2D eigenvalue weighted by molar-refractivity contribution is 5.83. The first kappa shape index (κ1) is 6.14. The lowest BCUT2D eigenvalue weighted by Gasteiger charge is -2.28. The number of hydrogen-bond donors (Lipinski definition) is 0. The van der Waals surface area contributed by atoms with Crippen LogP contribution in [0.15, 0.2) is 12.2 Å². The smallest absolute Gasteiger partial charge is 0.139 e. The first-order valence-electron chi connectivity index (χ1n) is 4.05. The zero-order valence-corrected chi connectivity index (χ0v) is 6.05. The van der Waals surface area contributed by atoms with Crippen molar-refractivity contribution in [2.45, 2.75) is 25.7 Å². The van der Waals surface area contributed by atoms with Crippen LogP contribution in [0, 0.1) is 11.8 Å². The molecule has 0 aliphatic heterocycles. The lowest BCUT2D eigenvalue weighted by atomic mass is 9.75. The molecular formula is C9H12O. The molecule has 54 valence electrons. The molecule has 2 aliphatic carbocycles. The van der Waals surface area contributed by atoms with Crippen molar-refractivity contribution in [3.63, 3.8) is 0 Å². The average Bonchev–Trinajstić information content (AvgIpc) is 1.99. The normalized spacial score (nSPS) is 38.2. The van der Waals surface area contributed by atoms with Gasteiger partial charge in [0.15, 0.2) is 0 Å². The summed E-state index contributed by atoms with van der Waals surface area (Å²) in [6.07, 6.45) is 8.59. The van der Waals surface area contributed by atoms with Crippen molar-refractivity contribution in [3.8, 4) is 0 Å². The molecule has 0 radical (unpaired) electrons. The highest BCUT2D eigenvalue weighted by atomic mass is 16.1. The Balaban J connectivity index is 2.19. The number of Topliss-reactive ketones (excluding diaryl/α,β-unsaturated/α-hetero) is 1. The fourth-order valence-corrected chi connectivity index (χ4v) is 1.98. The van der Waals surface area contributed by atoms with Crippen LogP contribution >= 0.6 is 0 Å². The molecule has 0 amide bonds. The zero-order valence-electron chi connectivity index (χ0n) is 6.05. The summed E-state index contributed by atoms with van der Waals surface area (Å²) >= 11 is 0. The van der Waals surface area contributed by atoms with E-state index >= 15 is 0 Å². The van der Waals surface area contributed by atoms with Gasteiger partial charge in [0.05, 0.1) is 0 Å². The summed E-state index contributed by atoms with van der Waals surface area (Å²) in [5.41, 5.74) is 0. The number of carbonyl (C=O) groups is 1. The Morgan fingerprint density at radius 1 is 1.50 bits per heavy atom. The van der Waals surface area contributed by atoms with E-state index in [1.165, 1.54) is 6.42 Å². The van der Waals surface area contributed by atoms with E-state index in [-0.39, 0.29) is 0 Å². The first-order valence-corrected chi connectivity index (χ1v) is 4.05. The largest absolute Gasteiger partial charge is 0.299 e. The molecular weight excluding hydrogens is 124 g/mol. The summed E-state index contributed by atoms with van der Waals surface area (Å²) < 4.78 is 0. The quantitative estimate of drug-likeness (QED) is 0.465. The maximum atomic E-state index is 11.2. The minimum Gasteiger partial charge on any atom is -0.299 e. The van der Waals surface area contributed by atoms with Crippen LogP contribution in [-0.2, 0) is 4.79 Å². The Morgan fingerprint density at radius 3 is 3.20 bits per heavy atom. The van der Waals surface area contributed by atoms with Gasteiger partial charge in [-0.2, -0.15) is 0 Å². The van der Waals surface area contributed by atoms with E-state index in [1.807, 2.05) is 0 Å². The van der Waals surface area contributed by atoms with Crippen LogP contribution < -0.4 is 0 Å². The number of ketones is 1. The Kier molecular flexibility index (Phi) is 1.37. The third-order valence-electron chi connectivity index (χ3n) is 2.64. The lowest BCUT2D eigenvalue weighted by Crippen LogP contribution is -2.25. The van der Waals surface area contributed by atoms with E-state index in [0.29, 0.717) is 11.7 Å². The van der Waals surface area contributed by atoms with Crippen molar-refractivity contribution in [3.05, 3.63) is 12.2 Å². The molecule has 1 nitrogen and oxygen atoms in total. The van der Waals surface area contributed by atoms with E-state index in [9.17, 15) is 4.79 Å². The summed E-state index contributed by atoms with van der Waals surface area (Å²) in [6, 6.07) is 0. The topological polar surface area (TPSA) is 17.1 Å². The van der Waals surface area contributed by atoms with E-state index in [2.05, 4.69) is 12.2 Å². The van der Waals surface area contributed by atoms with Gasteiger partial charge >= 0.3 is 0 Å². The van der Waals surface area contributed by atoms with Gasteiger partial charge in [-0.15, -0.1) is 0 Å². The Labute approximate surface area is 61.1 Å². The molecule has 2 atom stereocenters. The molecule has 1 fully saturated rings. The Bertz CT molecular complexity index is 181. The number of hydrogen-bond acceptors (Lipinski definition) is 1. The summed E-state index contributed by atoms with van der Waals surface area (Å²) in [6.45, 7) is 0. The van der Waals surface area contributed by atoms with E-state index in [4.69, 9.17) is 0 Å². The second-order valence-corrected chi connectivity index (χ2v) is 3.38. The van der Waals surface area contributed by atoms with Gasteiger partial charge in [-0.3, -0.25) is 4.79 Å². The van der Waals surface area contributed by atoms with Gasteiger partial charge < -0.3 is 0 Å². The van der Waals surface area contributed by atoms with E-state index in [0.717, 1.165) is 25.2 Å². The van der Waals surface area contributed by atoms with Gasteiger partial charge in [-0.1, -0.05) is 12.2 Å². The number of allylic oxidation sites excluding steroid dienone is 2. The van der Waals surface area contributed by atoms with Crippen LogP contribution in [0.25, 0.3) is 0 Å². The molecule has 0 N–H and O–H groups in total. The van der Waals surface area contributed by atoms with Gasteiger partial charge in [0.1, 0.15) is 5.78 Å². The summed E-state index contributed by atoms with van der Waals surface area (Å²) in [5, 5.41) is 0. The van der Waals surface area contributed by atoms with Gasteiger partial charge in [-0.05, 0) is 25.2 Å². The fourth-order valence-electron chi connectivity index (χ4n) is 1.98.